The van der Waals surface area contributed by atoms with Gasteiger partial charge < -0.3 is 15.0 Å². The molecule has 13 heteroatoms. The summed E-state index contributed by atoms with van der Waals surface area (Å²) >= 11 is 3.47. The minimum atomic E-state index is -5.08. The van der Waals surface area contributed by atoms with Crippen molar-refractivity contribution in [1.82, 2.24) is 29.9 Å². The molecule has 0 saturated carbocycles. The largest absolute Gasteiger partial charge is 0.490 e. The Hall–Kier alpha value is -2.96. The van der Waals surface area contributed by atoms with Crippen LogP contribution in [-0.4, -0.2) is 54.2 Å². The fraction of sp³-hybridized carbons (Fsp3) is 0.353. The number of aliphatic carboxylic acids is 1. The lowest BCUT2D eigenvalue weighted by atomic mass is 10.2. The van der Waals surface area contributed by atoms with Gasteiger partial charge in [-0.3, -0.25) is 4.79 Å². The van der Waals surface area contributed by atoms with E-state index >= 15 is 0 Å². The number of hydrogen-bond donors (Lipinski definition) is 2. The van der Waals surface area contributed by atoms with E-state index in [1.165, 1.54) is 0 Å². The van der Waals surface area contributed by atoms with E-state index in [1.807, 2.05) is 20.2 Å². The molecule has 0 fully saturated rings. The number of hydrogen-bond acceptors (Lipinski definition) is 5. The first-order valence-corrected chi connectivity index (χ1v) is 9.35. The van der Waals surface area contributed by atoms with Crippen molar-refractivity contribution >= 4 is 38.8 Å². The van der Waals surface area contributed by atoms with E-state index in [2.05, 4.69) is 41.1 Å². The molecule has 0 aliphatic carbocycles. The maximum absolute atomic E-state index is 12.3. The lowest BCUT2D eigenvalue weighted by molar-refractivity contribution is -0.192. The summed E-state index contributed by atoms with van der Waals surface area (Å²) in [6, 6.07) is 3.55. The summed E-state index contributed by atoms with van der Waals surface area (Å²) in [5.74, 6) is -1.89. The van der Waals surface area contributed by atoms with Gasteiger partial charge in [-0.25, -0.2) is 14.5 Å². The predicted octanol–water partition coefficient (Wildman–Crippen LogP) is 2.69. The Labute approximate surface area is 177 Å². The maximum atomic E-state index is 12.3. The highest BCUT2D eigenvalue weighted by Gasteiger charge is 2.38. The van der Waals surface area contributed by atoms with E-state index in [9.17, 15) is 18.0 Å². The van der Waals surface area contributed by atoms with Crippen LogP contribution < -0.4 is 5.32 Å². The quantitative estimate of drug-likeness (QED) is 0.531. The highest BCUT2D eigenvalue weighted by atomic mass is 79.9. The first kappa shape index (κ1) is 23.3. The number of halogens is 4. The SMILES string of the molecule is Cc1nccn1CCCNC(=O)c1cc(Br)c2c(c1)nnn2C.O=C(O)C(F)(F)F. The molecule has 0 bridgehead atoms. The summed E-state index contributed by atoms with van der Waals surface area (Å²) in [7, 11) is 1.82. The summed E-state index contributed by atoms with van der Waals surface area (Å²) < 4.78 is 36.3. The number of fused-ring (bicyclic) bond motifs is 1. The zero-order chi connectivity index (χ0) is 22.5. The van der Waals surface area contributed by atoms with Gasteiger partial charge in [0.2, 0.25) is 0 Å². The summed E-state index contributed by atoms with van der Waals surface area (Å²) in [6.07, 6.45) is -0.519. The van der Waals surface area contributed by atoms with Crippen LogP contribution in [0.15, 0.2) is 29.0 Å². The number of aryl methyl sites for hydroxylation is 3. The van der Waals surface area contributed by atoms with Crippen LogP contribution in [0.2, 0.25) is 0 Å². The Balaban J connectivity index is 0.000000396. The minimum Gasteiger partial charge on any atom is -0.475 e. The van der Waals surface area contributed by atoms with Crippen molar-refractivity contribution in [3.8, 4) is 0 Å². The molecule has 0 spiro atoms. The van der Waals surface area contributed by atoms with Gasteiger partial charge in [0, 0.05) is 42.6 Å². The topological polar surface area (TPSA) is 115 Å². The van der Waals surface area contributed by atoms with Gasteiger partial charge in [0.25, 0.3) is 5.91 Å². The summed E-state index contributed by atoms with van der Waals surface area (Å²) in [5.41, 5.74) is 2.14. The first-order valence-electron chi connectivity index (χ1n) is 8.55. The van der Waals surface area contributed by atoms with Crippen LogP contribution in [0.5, 0.6) is 0 Å². The van der Waals surface area contributed by atoms with Crippen LogP contribution >= 0.6 is 15.9 Å². The molecular formula is C17H18BrF3N6O3. The van der Waals surface area contributed by atoms with Crippen LogP contribution in [0.3, 0.4) is 0 Å². The van der Waals surface area contributed by atoms with Crippen molar-refractivity contribution in [2.45, 2.75) is 26.1 Å². The second-order valence-corrected chi connectivity index (χ2v) is 6.97. The van der Waals surface area contributed by atoms with Gasteiger partial charge in [-0.05, 0) is 41.4 Å². The lowest BCUT2D eigenvalue weighted by Crippen LogP contribution is -2.25. The minimum absolute atomic E-state index is 0.111. The molecule has 0 unspecified atom stereocenters. The highest BCUT2D eigenvalue weighted by Crippen LogP contribution is 2.23. The number of nitrogens with one attached hydrogen (secondary N) is 1. The molecule has 0 aliphatic rings. The number of carbonyl (C=O) groups is 2. The average molecular weight is 491 g/mol. The van der Waals surface area contributed by atoms with E-state index < -0.39 is 12.1 Å². The Morgan fingerprint density at radius 1 is 1.30 bits per heavy atom. The molecule has 162 valence electrons. The average Bonchev–Trinajstić information content (AvgIpc) is 3.24. The van der Waals surface area contributed by atoms with Crippen LogP contribution in [-0.2, 0) is 18.4 Å². The predicted molar refractivity (Wildman–Crippen MR) is 104 cm³/mol. The molecule has 0 saturated heterocycles. The zero-order valence-corrected chi connectivity index (χ0v) is 17.5. The third-order valence-electron chi connectivity index (χ3n) is 3.94. The van der Waals surface area contributed by atoms with Crippen LogP contribution in [0.1, 0.15) is 22.6 Å². The van der Waals surface area contributed by atoms with Gasteiger partial charge in [0.1, 0.15) is 16.9 Å². The second-order valence-electron chi connectivity index (χ2n) is 6.12. The third-order valence-corrected chi connectivity index (χ3v) is 4.55. The van der Waals surface area contributed by atoms with Crippen molar-refractivity contribution in [1.29, 1.82) is 0 Å². The molecule has 9 nitrogen and oxygen atoms in total. The number of nitrogens with zero attached hydrogens (tertiary/aromatic N) is 5. The van der Waals surface area contributed by atoms with E-state index in [0.717, 1.165) is 28.8 Å². The Morgan fingerprint density at radius 2 is 1.97 bits per heavy atom. The van der Waals surface area contributed by atoms with Gasteiger partial charge in [-0.2, -0.15) is 13.2 Å². The number of rotatable bonds is 5. The molecule has 3 aromatic rings. The molecule has 0 atom stereocenters. The van der Waals surface area contributed by atoms with Crippen LogP contribution in [0.25, 0.3) is 11.0 Å². The number of aromatic nitrogens is 5. The number of benzene rings is 1. The molecular weight excluding hydrogens is 473 g/mol. The fourth-order valence-corrected chi connectivity index (χ4v) is 3.17. The van der Waals surface area contributed by atoms with Crippen molar-refractivity contribution in [2.75, 3.05) is 6.54 Å². The standard InChI is InChI=1S/C15H17BrN6O.C2HF3O2/c1-10-17-5-7-22(10)6-3-4-18-15(23)11-8-12(16)14-13(9-11)19-20-21(14)2;3-2(4,5)1(6)7/h5,7-9H,3-4,6H2,1-2H3,(H,18,23);(H,6,7). The zero-order valence-electron chi connectivity index (χ0n) is 15.9. The molecule has 3 rings (SSSR count). The number of amides is 1. The van der Waals surface area contributed by atoms with Crippen molar-refractivity contribution in [3.63, 3.8) is 0 Å². The van der Waals surface area contributed by atoms with Gasteiger partial charge in [-0.15, -0.1) is 5.10 Å². The molecule has 1 aromatic carbocycles. The normalized spacial score (nSPS) is 11.1. The van der Waals surface area contributed by atoms with Gasteiger partial charge in [-0.1, -0.05) is 5.21 Å². The van der Waals surface area contributed by atoms with E-state index in [0.29, 0.717) is 17.6 Å². The van der Waals surface area contributed by atoms with E-state index in [-0.39, 0.29) is 5.91 Å². The van der Waals surface area contributed by atoms with Gasteiger partial charge in [0.05, 0.1) is 0 Å². The molecule has 0 aliphatic heterocycles. The Kier molecular flexibility index (Phi) is 7.54. The molecule has 30 heavy (non-hydrogen) atoms. The van der Waals surface area contributed by atoms with Gasteiger partial charge >= 0.3 is 12.1 Å². The first-order chi connectivity index (χ1) is 14.0. The molecule has 1 amide bonds. The molecule has 2 aromatic heterocycles. The maximum Gasteiger partial charge on any atom is 0.490 e. The second kappa shape index (κ2) is 9.69. The Bertz CT molecular complexity index is 1050. The number of carbonyl (C=O) groups excluding carboxylic acids is 1. The van der Waals surface area contributed by atoms with E-state index in [1.54, 1.807) is 23.0 Å². The van der Waals surface area contributed by atoms with Crippen molar-refractivity contribution in [2.24, 2.45) is 7.05 Å². The summed E-state index contributed by atoms with van der Waals surface area (Å²) in [4.78, 5) is 25.3. The highest BCUT2D eigenvalue weighted by molar-refractivity contribution is 9.10. The van der Waals surface area contributed by atoms with Crippen molar-refractivity contribution in [3.05, 3.63) is 40.4 Å². The number of imidazole rings is 1. The number of carboxylic acid groups (broad SMARTS) is 1. The molecule has 2 N–H and O–H groups in total. The molecule has 0 radical (unpaired) electrons. The smallest absolute Gasteiger partial charge is 0.475 e. The summed E-state index contributed by atoms with van der Waals surface area (Å²) in [5, 5.41) is 18.1. The lowest BCUT2D eigenvalue weighted by Gasteiger charge is -2.08. The van der Waals surface area contributed by atoms with Crippen LogP contribution in [0.4, 0.5) is 13.2 Å². The monoisotopic (exact) mass is 490 g/mol. The fourth-order valence-electron chi connectivity index (χ4n) is 2.47. The van der Waals surface area contributed by atoms with Crippen LogP contribution in [0, 0.1) is 6.92 Å². The third kappa shape index (κ3) is 6.02. The number of alkyl halides is 3. The molecule has 2 heterocycles. The summed E-state index contributed by atoms with van der Waals surface area (Å²) in [6.45, 7) is 3.40. The van der Waals surface area contributed by atoms with Crippen molar-refractivity contribution < 1.29 is 27.9 Å². The van der Waals surface area contributed by atoms with Gasteiger partial charge in [0.15, 0.2) is 0 Å². The number of carboxylic acids is 1. The Morgan fingerprint density at radius 3 is 2.53 bits per heavy atom. The van der Waals surface area contributed by atoms with E-state index in [4.69, 9.17) is 9.90 Å².